The molecule has 1 heterocycles. The molecule has 0 bridgehead atoms. The molecule has 10 nitrogen and oxygen atoms in total. The smallest absolute Gasteiger partial charge is 0.412 e. The Balaban J connectivity index is 1.44. The Morgan fingerprint density at radius 2 is 1.77 bits per heavy atom. The highest BCUT2D eigenvalue weighted by molar-refractivity contribution is 5.97. The van der Waals surface area contributed by atoms with Gasteiger partial charge in [-0.1, -0.05) is 59.8 Å². The zero-order valence-electron chi connectivity index (χ0n) is 21.8. The number of aliphatic carboxylic acids is 1. The van der Waals surface area contributed by atoms with Crippen molar-refractivity contribution in [1.29, 1.82) is 5.26 Å². The van der Waals surface area contributed by atoms with E-state index >= 15 is 0 Å². The summed E-state index contributed by atoms with van der Waals surface area (Å²) in [6, 6.07) is 22.9. The largest absolute Gasteiger partial charge is 0.480 e. The summed E-state index contributed by atoms with van der Waals surface area (Å²) in [5.74, 6) is -1.51. The predicted molar refractivity (Wildman–Crippen MR) is 145 cm³/mol. The third kappa shape index (κ3) is 6.71. The molecule has 0 radical (unpaired) electrons. The first-order valence-corrected chi connectivity index (χ1v) is 12.4. The lowest BCUT2D eigenvalue weighted by molar-refractivity contribution is -0.139. The van der Waals surface area contributed by atoms with Crippen molar-refractivity contribution >= 4 is 23.7 Å². The third-order valence-electron chi connectivity index (χ3n) is 6.15. The first-order valence-electron chi connectivity index (χ1n) is 12.4. The van der Waals surface area contributed by atoms with Crippen molar-refractivity contribution < 1.29 is 28.8 Å². The van der Waals surface area contributed by atoms with Crippen LogP contribution in [0.2, 0.25) is 0 Å². The van der Waals surface area contributed by atoms with Crippen molar-refractivity contribution in [3.05, 3.63) is 107 Å². The van der Waals surface area contributed by atoms with Gasteiger partial charge in [0, 0.05) is 17.5 Å². The van der Waals surface area contributed by atoms with Gasteiger partial charge in [0.25, 0.3) is 5.91 Å². The van der Waals surface area contributed by atoms with Gasteiger partial charge in [-0.2, -0.15) is 5.26 Å². The van der Waals surface area contributed by atoms with Crippen LogP contribution in [0.25, 0.3) is 11.3 Å². The molecule has 0 aliphatic heterocycles. The second kappa shape index (κ2) is 12.4. The number of carboxylic acid groups (broad SMARTS) is 1. The maximum Gasteiger partial charge on any atom is 0.412 e. The molecule has 10 heteroatoms. The molecule has 0 saturated heterocycles. The van der Waals surface area contributed by atoms with E-state index in [4.69, 9.17) is 14.5 Å². The minimum absolute atomic E-state index is 0.0139. The van der Waals surface area contributed by atoms with Crippen molar-refractivity contribution in [2.24, 2.45) is 0 Å². The SMILES string of the molecule is Cc1noc(-c2ccc(C(=O)NC(Cc3cccc(C#N)c3)C(=O)O)cc2)c1NC(=O)OC(C)c1ccccc1. The molecule has 2 unspecified atom stereocenters. The van der Waals surface area contributed by atoms with Gasteiger partial charge < -0.3 is 19.7 Å². The van der Waals surface area contributed by atoms with Gasteiger partial charge in [0.1, 0.15) is 23.5 Å². The van der Waals surface area contributed by atoms with Crippen molar-refractivity contribution in [2.75, 3.05) is 5.32 Å². The zero-order chi connectivity index (χ0) is 28.6. The maximum atomic E-state index is 12.8. The first-order chi connectivity index (χ1) is 19.2. The number of nitrogens with one attached hydrogen (secondary N) is 2. The lowest BCUT2D eigenvalue weighted by atomic mass is 10.0. The normalized spacial score (nSPS) is 12.0. The van der Waals surface area contributed by atoms with Crippen LogP contribution in [-0.4, -0.2) is 34.3 Å². The summed E-state index contributed by atoms with van der Waals surface area (Å²) in [5.41, 5.74) is 3.38. The molecule has 0 fully saturated rings. The van der Waals surface area contributed by atoms with Crippen molar-refractivity contribution in [3.63, 3.8) is 0 Å². The van der Waals surface area contributed by atoms with Crippen molar-refractivity contribution in [3.8, 4) is 17.4 Å². The number of aromatic nitrogens is 1. The standard InChI is InChI=1S/C30H26N4O6/c1-18-26(33-30(38)39-19(2)22-9-4-3-5-10-22)27(40-34-18)23-11-13-24(14-12-23)28(35)32-25(29(36)37)16-20-7-6-8-21(15-20)17-31/h3-15,19,25H,16H2,1-2H3,(H,32,35)(H,33,38)(H,36,37). The predicted octanol–water partition coefficient (Wildman–Crippen LogP) is 5.26. The molecule has 0 spiro atoms. The van der Waals surface area contributed by atoms with Gasteiger partial charge in [-0.05, 0) is 49.2 Å². The molecule has 0 aliphatic rings. The highest BCUT2D eigenvalue weighted by Gasteiger charge is 2.23. The summed E-state index contributed by atoms with van der Waals surface area (Å²) >= 11 is 0. The fraction of sp³-hybridized carbons (Fsp3) is 0.167. The van der Waals surface area contributed by atoms with E-state index in [1.165, 1.54) is 12.1 Å². The maximum absolute atomic E-state index is 12.8. The zero-order valence-corrected chi connectivity index (χ0v) is 21.8. The van der Waals surface area contributed by atoms with Crippen LogP contribution in [0.4, 0.5) is 10.5 Å². The number of amides is 2. The Hall–Kier alpha value is -5.43. The summed E-state index contributed by atoms with van der Waals surface area (Å²) in [7, 11) is 0. The van der Waals surface area contributed by atoms with Crippen LogP contribution in [-0.2, 0) is 16.0 Å². The number of nitrogens with zero attached hydrogens (tertiary/aromatic N) is 2. The van der Waals surface area contributed by atoms with Crippen LogP contribution in [0.1, 0.15) is 45.8 Å². The number of hydrogen-bond acceptors (Lipinski definition) is 7. The Morgan fingerprint density at radius 3 is 2.45 bits per heavy atom. The number of carboxylic acids is 1. The van der Waals surface area contributed by atoms with E-state index in [9.17, 15) is 19.5 Å². The topological polar surface area (TPSA) is 155 Å². The molecule has 3 N–H and O–H groups in total. The summed E-state index contributed by atoms with van der Waals surface area (Å²) in [4.78, 5) is 37.2. The van der Waals surface area contributed by atoms with Crippen LogP contribution in [0, 0.1) is 18.3 Å². The fourth-order valence-corrected chi connectivity index (χ4v) is 4.02. The van der Waals surface area contributed by atoms with Crippen molar-refractivity contribution in [1.82, 2.24) is 10.5 Å². The molecular weight excluding hydrogens is 512 g/mol. The second-order valence-electron chi connectivity index (χ2n) is 9.01. The average molecular weight is 539 g/mol. The van der Waals surface area contributed by atoms with E-state index < -0.39 is 30.1 Å². The molecule has 3 aromatic carbocycles. The lowest BCUT2D eigenvalue weighted by Crippen LogP contribution is -2.42. The number of nitriles is 1. The van der Waals surface area contributed by atoms with Gasteiger partial charge in [0.15, 0.2) is 5.76 Å². The van der Waals surface area contributed by atoms with Crippen LogP contribution in [0.5, 0.6) is 0 Å². The highest BCUT2D eigenvalue weighted by Crippen LogP contribution is 2.31. The van der Waals surface area contributed by atoms with E-state index in [1.807, 2.05) is 36.4 Å². The number of hydrogen-bond donors (Lipinski definition) is 3. The molecule has 0 aliphatic carbocycles. The molecule has 2 amide bonds. The summed E-state index contributed by atoms with van der Waals surface area (Å²) in [6.07, 6.45) is -1.15. The summed E-state index contributed by atoms with van der Waals surface area (Å²) in [6.45, 7) is 3.43. The Labute approximate surface area is 230 Å². The number of benzene rings is 3. The molecule has 40 heavy (non-hydrogen) atoms. The van der Waals surface area contributed by atoms with Crippen LogP contribution < -0.4 is 10.6 Å². The quantitative estimate of drug-likeness (QED) is 0.261. The number of carbonyl (C=O) groups is 3. The van der Waals surface area contributed by atoms with Gasteiger partial charge in [-0.25, -0.2) is 9.59 Å². The van der Waals surface area contributed by atoms with Gasteiger partial charge in [-0.3, -0.25) is 10.1 Å². The van der Waals surface area contributed by atoms with Gasteiger partial charge in [0.2, 0.25) is 0 Å². The number of anilines is 1. The minimum Gasteiger partial charge on any atom is -0.480 e. The van der Waals surface area contributed by atoms with Gasteiger partial charge >= 0.3 is 12.1 Å². The van der Waals surface area contributed by atoms with Crippen LogP contribution in [0.15, 0.2) is 83.4 Å². The average Bonchev–Trinajstić information content (AvgIpc) is 3.32. The van der Waals surface area contributed by atoms with E-state index in [0.29, 0.717) is 28.1 Å². The van der Waals surface area contributed by atoms with Gasteiger partial charge in [0.05, 0.1) is 11.6 Å². The highest BCUT2D eigenvalue weighted by atomic mass is 16.6. The monoisotopic (exact) mass is 538 g/mol. The molecule has 202 valence electrons. The second-order valence-corrected chi connectivity index (χ2v) is 9.01. The van der Waals surface area contributed by atoms with Gasteiger partial charge in [-0.15, -0.1) is 0 Å². The first kappa shape index (κ1) is 27.6. The molecule has 0 saturated carbocycles. The number of carbonyl (C=O) groups excluding carboxylic acids is 2. The van der Waals surface area contributed by atoms with E-state index in [1.54, 1.807) is 50.2 Å². The minimum atomic E-state index is -1.20. The number of rotatable bonds is 9. The van der Waals surface area contributed by atoms with E-state index in [-0.39, 0.29) is 17.7 Å². The summed E-state index contributed by atoms with van der Waals surface area (Å²) < 4.78 is 10.9. The van der Waals surface area contributed by atoms with Crippen LogP contribution >= 0.6 is 0 Å². The molecule has 2 atom stereocenters. The molecular formula is C30H26N4O6. The Morgan fingerprint density at radius 1 is 1.05 bits per heavy atom. The molecule has 4 rings (SSSR count). The van der Waals surface area contributed by atoms with Crippen LogP contribution in [0.3, 0.4) is 0 Å². The van der Waals surface area contributed by atoms with E-state index in [2.05, 4.69) is 15.8 Å². The van der Waals surface area contributed by atoms with Crippen molar-refractivity contribution in [2.45, 2.75) is 32.4 Å². The lowest BCUT2D eigenvalue weighted by Gasteiger charge is -2.15. The summed E-state index contributed by atoms with van der Waals surface area (Å²) in [5, 5.41) is 27.8. The fourth-order valence-electron chi connectivity index (χ4n) is 4.02. The molecule has 4 aromatic rings. The van der Waals surface area contributed by atoms with E-state index in [0.717, 1.165) is 5.56 Å². The third-order valence-corrected chi connectivity index (χ3v) is 6.15. The number of ether oxygens (including phenoxy) is 1. The molecule has 1 aromatic heterocycles. The Bertz CT molecular complexity index is 1560. The Kier molecular flexibility index (Phi) is 8.56. The number of aryl methyl sites for hydroxylation is 1.